The van der Waals surface area contributed by atoms with Gasteiger partial charge in [-0.25, -0.2) is 0 Å². The zero-order valence-corrected chi connectivity index (χ0v) is 3.36. The molecule has 0 radical (unpaired) electrons. The molecule has 0 aliphatic heterocycles. The average Bonchev–Trinajstić information content (AvgIpc) is 1.38. The summed E-state index contributed by atoms with van der Waals surface area (Å²) in [5.41, 5.74) is 0. The Morgan fingerprint density at radius 2 is 1.60 bits per heavy atom. The molecule has 3 nitrogen and oxygen atoms in total. The van der Waals surface area contributed by atoms with E-state index in [9.17, 15) is 0 Å². The van der Waals surface area contributed by atoms with Gasteiger partial charge in [0.25, 0.3) is 0 Å². The second kappa shape index (κ2) is 2.05. The van der Waals surface area contributed by atoms with Gasteiger partial charge in [0.15, 0.2) is 0 Å². The van der Waals surface area contributed by atoms with E-state index in [0.717, 1.165) is 0 Å². The fourth-order valence-electron chi connectivity index (χ4n) is 0. The average molecular weight is 116 g/mol. The Bertz CT molecular complexity index is 83.1. The quantitative estimate of drug-likeness (QED) is 0.342. The van der Waals surface area contributed by atoms with Crippen molar-refractivity contribution >= 4 is 5.18 Å². The molecule has 30 valence electrons. The van der Waals surface area contributed by atoms with Crippen LogP contribution in [0.1, 0.15) is 0 Å². The van der Waals surface area contributed by atoms with E-state index in [1.165, 1.54) is 0 Å². The van der Waals surface area contributed by atoms with E-state index in [-0.39, 0.29) is 5.18 Å². The summed E-state index contributed by atoms with van der Waals surface area (Å²) >= 11 is -3.07. The molecular formula is CHMnO3. The normalized spacial score (nSPS) is 8.20. The summed E-state index contributed by atoms with van der Waals surface area (Å²) in [6.07, 6.45) is 0. The third-order valence-corrected chi connectivity index (χ3v) is 0.300. The van der Waals surface area contributed by atoms with Gasteiger partial charge in [0.05, 0.1) is 0 Å². The van der Waals surface area contributed by atoms with Gasteiger partial charge in [-0.1, -0.05) is 0 Å². The zero-order valence-electron chi connectivity index (χ0n) is 2.18. The Hall–Kier alpha value is -0.211. The van der Waals surface area contributed by atoms with E-state index < -0.39 is 13.8 Å². The third kappa shape index (κ3) is 3.79. The second-order valence-electron chi connectivity index (χ2n) is 0.330. The Labute approximate surface area is 32.3 Å². The van der Waals surface area contributed by atoms with E-state index in [2.05, 4.69) is 0 Å². The molecule has 0 rings (SSSR count). The standard InChI is InChI=1S/CHO.Mn.2O/c1-2;;;/h1H;;;. The van der Waals surface area contributed by atoms with Gasteiger partial charge in [-0.15, -0.1) is 0 Å². The topological polar surface area (TPSA) is 51.2 Å². The molecule has 0 atom stereocenters. The molecule has 0 aromatic heterocycles. The maximum absolute atomic E-state index is 9.08. The van der Waals surface area contributed by atoms with Crippen molar-refractivity contribution in [2.24, 2.45) is 0 Å². The Morgan fingerprint density at radius 3 is 1.60 bits per heavy atom. The maximum atomic E-state index is 9.08. The van der Waals surface area contributed by atoms with E-state index in [1.54, 1.807) is 0 Å². The van der Waals surface area contributed by atoms with Crippen LogP contribution in [0.2, 0.25) is 0 Å². The molecule has 0 N–H and O–H groups in total. The van der Waals surface area contributed by atoms with E-state index >= 15 is 0 Å². The van der Waals surface area contributed by atoms with Gasteiger partial charge in [0.2, 0.25) is 0 Å². The van der Waals surface area contributed by atoms with Crippen LogP contribution < -0.4 is 0 Å². The van der Waals surface area contributed by atoms with Crippen molar-refractivity contribution in [2.75, 3.05) is 0 Å². The van der Waals surface area contributed by atoms with Crippen molar-refractivity contribution in [2.45, 2.75) is 0 Å². The number of hydrogen-bond acceptors (Lipinski definition) is 3. The number of hydrogen-bond donors (Lipinski definition) is 0. The fourth-order valence-corrected chi connectivity index (χ4v) is 0. The first kappa shape index (κ1) is 4.79. The first-order valence-electron chi connectivity index (χ1n) is 0.763. The van der Waals surface area contributed by atoms with Crippen LogP contribution in [0, 0.1) is 0 Å². The SMILES string of the molecule is O=[CH][Mn](=[O])=[O]. The summed E-state index contributed by atoms with van der Waals surface area (Å²) < 4.78 is 18.2. The van der Waals surface area contributed by atoms with Gasteiger partial charge in [-0.05, 0) is 0 Å². The van der Waals surface area contributed by atoms with Crippen LogP contribution in [-0.2, 0) is 26.2 Å². The molecule has 0 saturated heterocycles. The summed E-state index contributed by atoms with van der Waals surface area (Å²) in [6, 6.07) is 0. The zero-order chi connectivity index (χ0) is 4.28. The molecule has 0 aromatic rings. The summed E-state index contributed by atoms with van der Waals surface area (Å²) in [7, 11) is 0. The van der Waals surface area contributed by atoms with Crippen LogP contribution in [-0.4, -0.2) is 5.18 Å². The molecule has 0 saturated carbocycles. The van der Waals surface area contributed by atoms with Crippen molar-refractivity contribution < 1.29 is 26.2 Å². The summed E-state index contributed by atoms with van der Waals surface area (Å²) in [6.45, 7) is 0. The monoisotopic (exact) mass is 116 g/mol. The minimum atomic E-state index is -3.07. The molecule has 0 unspecified atom stereocenters. The van der Waals surface area contributed by atoms with Gasteiger partial charge >= 0.3 is 31.4 Å². The van der Waals surface area contributed by atoms with Gasteiger partial charge in [0, 0.05) is 0 Å². The first-order chi connectivity index (χ1) is 2.27. The molecule has 0 aromatic carbocycles. The van der Waals surface area contributed by atoms with Crippen molar-refractivity contribution in [1.82, 2.24) is 0 Å². The summed E-state index contributed by atoms with van der Waals surface area (Å²) in [4.78, 5) is 8.93. The van der Waals surface area contributed by atoms with Gasteiger partial charge in [0.1, 0.15) is 0 Å². The van der Waals surface area contributed by atoms with Crippen LogP contribution in [0.15, 0.2) is 0 Å². The molecule has 0 bridgehead atoms. The molecule has 0 fully saturated rings. The minimum absolute atomic E-state index is 0.0903. The van der Waals surface area contributed by atoms with Crippen molar-refractivity contribution in [3.05, 3.63) is 0 Å². The first-order valence-corrected chi connectivity index (χ1v) is 2.41. The van der Waals surface area contributed by atoms with Crippen LogP contribution in [0.3, 0.4) is 0 Å². The predicted molar refractivity (Wildman–Crippen MR) is 8.12 cm³/mol. The summed E-state index contributed by atoms with van der Waals surface area (Å²) in [5, 5.41) is -0.0903. The van der Waals surface area contributed by atoms with Crippen LogP contribution in [0.4, 0.5) is 0 Å². The molecule has 0 aliphatic carbocycles. The van der Waals surface area contributed by atoms with Gasteiger partial charge in [-0.2, -0.15) is 0 Å². The molecule has 5 heavy (non-hydrogen) atoms. The number of carbonyl (C=O) groups excluding carboxylic acids is 1. The van der Waals surface area contributed by atoms with E-state index in [4.69, 9.17) is 12.5 Å². The van der Waals surface area contributed by atoms with Gasteiger partial charge in [-0.3, -0.25) is 0 Å². The van der Waals surface area contributed by atoms with Gasteiger partial charge < -0.3 is 0 Å². The molecule has 0 heterocycles. The fraction of sp³-hybridized carbons (Fsp3) is 0. The third-order valence-electron chi connectivity index (χ3n) is 0.0727. The predicted octanol–water partition coefficient (Wildman–Crippen LogP) is -0.514. The molecular weight excluding hydrogens is 115 g/mol. The van der Waals surface area contributed by atoms with Crippen LogP contribution >= 0.6 is 0 Å². The number of rotatable bonds is 1. The van der Waals surface area contributed by atoms with Crippen LogP contribution in [0.5, 0.6) is 0 Å². The Morgan fingerprint density at radius 1 is 1.40 bits per heavy atom. The van der Waals surface area contributed by atoms with E-state index in [1.807, 2.05) is 0 Å². The molecule has 0 amide bonds. The molecule has 0 aliphatic rings. The second-order valence-corrected chi connectivity index (χ2v) is 1.36. The van der Waals surface area contributed by atoms with Crippen molar-refractivity contribution in [1.29, 1.82) is 0 Å². The van der Waals surface area contributed by atoms with Crippen LogP contribution in [0.25, 0.3) is 0 Å². The Kier molecular flexibility index (Phi) is 1.97. The number of carbonyl (C=O) groups is 1. The summed E-state index contributed by atoms with van der Waals surface area (Å²) in [5.74, 6) is 0. The Balaban J connectivity index is 3.69. The molecule has 4 heteroatoms. The van der Waals surface area contributed by atoms with Crippen molar-refractivity contribution in [3.8, 4) is 0 Å². The molecule has 0 spiro atoms. The van der Waals surface area contributed by atoms with Crippen molar-refractivity contribution in [3.63, 3.8) is 0 Å². The van der Waals surface area contributed by atoms with E-state index in [0.29, 0.717) is 0 Å².